The van der Waals surface area contributed by atoms with Gasteiger partial charge in [0.05, 0.1) is 6.54 Å². The molecule has 10 heteroatoms. The van der Waals surface area contributed by atoms with Crippen molar-refractivity contribution in [3.05, 3.63) is 35.9 Å². The van der Waals surface area contributed by atoms with Gasteiger partial charge in [-0.05, 0) is 43.7 Å². The topological polar surface area (TPSA) is 177 Å². The Morgan fingerprint density at radius 2 is 1.48 bits per heavy atom. The summed E-state index contributed by atoms with van der Waals surface area (Å²) in [7, 11) is 0. The van der Waals surface area contributed by atoms with E-state index in [-0.39, 0.29) is 31.7 Å². The number of aliphatic carboxylic acids is 1. The van der Waals surface area contributed by atoms with Crippen LogP contribution in [-0.2, 0) is 25.6 Å². The second-order valence-corrected chi connectivity index (χ2v) is 8.39. The number of carbonyl (C=O) groups is 4. The molecule has 0 aliphatic heterocycles. The fourth-order valence-corrected chi connectivity index (χ4v) is 3.31. The zero-order valence-corrected chi connectivity index (χ0v) is 19.4. The van der Waals surface area contributed by atoms with Crippen LogP contribution in [0.5, 0.6) is 0 Å². The maximum atomic E-state index is 13.1. The predicted molar refractivity (Wildman–Crippen MR) is 125 cm³/mol. The number of hydrogen-bond donors (Lipinski definition) is 6. The first-order chi connectivity index (χ1) is 15.7. The van der Waals surface area contributed by atoms with Crippen LogP contribution in [0.15, 0.2) is 30.3 Å². The quantitative estimate of drug-likeness (QED) is 0.197. The summed E-state index contributed by atoms with van der Waals surface area (Å²) in [6.45, 7) is 3.86. The van der Waals surface area contributed by atoms with Gasteiger partial charge >= 0.3 is 5.97 Å². The summed E-state index contributed by atoms with van der Waals surface area (Å²) in [5.74, 6) is -2.72. The van der Waals surface area contributed by atoms with Crippen LogP contribution in [0.3, 0.4) is 0 Å². The third-order valence-electron chi connectivity index (χ3n) is 5.02. The molecule has 0 bridgehead atoms. The largest absolute Gasteiger partial charge is 0.480 e. The van der Waals surface area contributed by atoms with E-state index >= 15 is 0 Å². The van der Waals surface area contributed by atoms with Gasteiger partial charge in [-0.15, -0.1) is 0 Å². The van der Waals surface area contributed by atoms with E-state index in [2.05, 4.69) is 16.0 Å². The molecule has 0 fully saturated rings. The molecule has 33 heavy (non-hydrogen) atoms. The number of carbonyl (C=O) groups excluding carboxylic acids is 3. The number of benzene rings is 1. The molecule has 3 atom stereocenters. The standard InChI is InChI=1S/C23H37N5O5/c1-15(2)12-19(23(32)33)28-21(30)17(10-6-7-11-24)27-22(31)18(26-20(29)14-25)13-16-8-4-3-5-9-16/h3-5,8-9,15,17-19H,6-7,10-14,24-25H2,1-2H3,(H,26,29)(H,27,31)(H,28,30)(H,32,33). The van der Waals surface area contributed by atoms with E-state index in [1.54, 1.807) is 0 Å². The Morgan fingerprint density at radius 3 is 2.03 bits per heavy atom. The number of nitrogens with two attached hydrogens (primary N) is 2. The second kappa shape index (κ2) is 15.0. The summed E-state index contributed by atoms with van der Waals surface area (Å²) in [4.78, 5) is 49.4. The van der Waals surface area contributed by atoms with Crippen molar-refractivity contribution in [2.45, 2.75) is 64.1 Å². The molecule has 1 aromatic carbocycles. The highest BCUT2D eigenvalue weighted by molar-refractivity contribution is 5.93. The highest BCUT2D eigenvalue weighted by Gasteiger charge is 2.29. The highest BCUT2D eigenvalue weighted by atomic mass is 16.4. The van der Waals surface area contributed by atoms with Crippen molar-refractivity contribution in [3.8, 4) is 0 Å². The van der Waals surface area contributed by atoms with Gasteiger partial charge in [0, 0.05) is 6.42 Å². The Morgan fingerprint density at radius 1 is 0.879 bits per heavy atom. The van der Waals surface area contributed by atoms with Crippen LogP contribution in [0.2, 0.25) is 0 Å². The van der Waals surface area contributed by atoms with E-state index in [0.29, 0.717) is 19.4 Å². The minimum absolute atomic E-state index is 0.0541. The molecule has 184 valence electrons. The summed E-state index contributed by atoms with van der Waals surface area (Å²) in [5, 5.41) is 17.3. The van der Waals surface area contributed by atoms with Gasteiger partial charge in [0.25, 0.3) is 0 Å². The summed E-state index contributed by atoms with van der Waals surface area (Å²) in [5.41, 5.74) is 11.8. The van der Waals surface area contributed by atoms with Gasteiger partial charge in [-0.25, -0.2) is 4.79 Å². The molecule has 0 aliphatic carbocycles. The lowest BCUT2D eigenvalue weighted by Crippen LogP contribution is -2.56. The van der Waals surface area contributed by atoms with Gasteiger partial charge in [0.2, 0.25) is 17.7 Å². The maximum Gasteiger partial charge on any atom is 0.326 e. The van der Waals surface area contributed by atoms with Gasteiger partial charge in [0.15, 0.2) is 0 Å². The lowest BCUT2D eigenvalue weighted by Gasteiger charge is -2.25. The number of amides is 3. The average Bonchev–Trinajstić information content (AvgIpc) is 2.77. The van der Waals surface area contributed by atoms with E-state index in [1.165, 1.54) is 0 Å². The van der Waals surface area contributed by atoms with Crippen molar-refractivity contribution < 1.29 is 24.3 Å². The van der Waals surface area contributed by atoms with Gasteiger partial charge < -0.3 is 32.5 Å². The number of carboxylic acid groups (broad SMARTS) is 1. The molecule has 0 aromatic heterocycles. The van der Waals surface area contributed by atoms with E-state index in [9.17, 15) is 24.3 Å². The first kappa shape index (κ1) is 28.1. The predicted octanol–water partition coefficient (Wildman–Crippen LogP) is -0.0981. The van der Waals surface area contributed by atoms with E-state index < -0.39 is 41.8 Å². The molecule has 10 nitrogen and oxygen atoms in total. The molecule has 3 unspecified atom stereocenters. The van der Waals surface area contributed by atoms with Crippen molar-refractivity contribution in [2.75, 3.05) is 13.1 Å². The van der Waals surface area contributed by atoms with Gasteiger partial charge in [-0.2, -0.15) is 0 Å². The van der Waals surface area contributed by atoms with Gasteiger partial charge in [-0.1, -0.05) is 44.2 Å². The minimum Gasteiger partial charge on any atom is -0.480 e. The van der Waals surface area contributed by atoms with Crippen LogP contribution in [0.1, 0.15) is 45.1 Å². The third kappa shape index (κ3) is 10.9. The Bertz CT molecular complexity index is 772. The summed E-state index contributed by atoms with van der Waals surface area (Å²) in [6.07, 6.45) is 1.96. The molecule has 0 saturated carbocycles. The van der Waals surface area contributed by atoms with Crippen molar-refractivity contribution in [3.63, 3.8) is 0 Å². The fraction of sp³-hybridized carbons (Fsp3) is 0.565. The first-order valence-electron chi connectivity index (χ1n) is 11.2. The molecule has 0 aliphatic rings. The smallest absolute Gasteiger partial charge is 0.326 e. The van der Waals surface area contributed by atoms with Crippen LogP contribution < -0.4 is 27.4 Å². The average molecular weight is 464 g/mol. The monoisotopic (exact) mass is 463 g/mol. The number of rotatable bonds is 15. The molecule has 0 spiro atoms. The highest BCUT2D eigenvalue weighted by Crippen LogP contribution is 2.09. The number of hydrogen-bond acceptors (Lipinski definition) is 6. The first-order valence-corrected chi connectivity index (χ1v) is 11.2. The summed E-state index contributed by atoms with van der Waals surface area (Å²) in [6, 6.07) is 6.14. The summed E-state index contributed by atoms with van der Waals surface area (Å²) >= 11 is 0. The molecule has 0 radical (unpaired) electrons. The number of unbranched alkanes of at least 4 members (excludes halogenated alkanes) is 1. The molecular weight excluding hydrogens is 426 g/mol. The zero-order chi connectivity index (χ0) is 24.8. The number of nitrogens with one attached hydrogen (secondary N) is 3. The molecular formula is C23H37N5O5. The molecule has 0 saturated heterocycles. The Labute approximate surface area is 194 Å². The van der Waals surface area contributed by atoms with Crippen LogP contribution in [0.4, 0.5) is 0 Å². The Kier molecular flexibility index (Phi) is 12.7. The fourth-order valence-electron chi connectivity index (χ4n) is 3.31. The lowest BCUT2D eigenvalue weighted by molar-refractivity contribution is -0.142. The zero-order valence-electron chi connectivity index (χ0n) is 19.4. The summed E-state index contributed by atoms with van der Waals surface area (Å²) < 4.78 is 0. The molecule has 3 amide bonds. The van der Waals surface area contributed by atoms with Crippen molar-refractivity contribution in [1.82, 2.24) is 16.0 Å². The van der Waals surface area contributed by atoms with Crippen molar-refractivity contribution >= 4 is 23.7 Å². The Hall–Kier alpha value is -2.98. The Balaban J connectivity index is 3.00. The van der Waals surface area contributed by atoms with Crippen molar-refractivity contribution in [2.24, 2.45) is 17.4 Å². The minimum atomic E-state index is -1.14. The lowest BCUT2D eigenvalue weighted by atomic mass is 10.0. The van der Waals surface area contributed by atoms with Crippen LogP contribution >= 0.6 is 0 Å². The van der Waals surface area contributed by atoms with Crippen LogP contribution in [0.25, 0.3) is 0 Å². The molecule has 0 heterocycles. The van der Waals surface area contributed by atoms with E-state index in [4.69, 9.17) is 11.5 Å². The van der Waals surface area contributed by atoms with Crippen LogP contribution in [-0.4, -0.2) is 60.0 Å². The third-order valence-corrected chi connectivity index (χ3v) is 5.02. The maximum absolute atomic E-state index is 13.1. The molecule has 1 aromatic rings. The number of carboxylic acids is 1. The van der Waals surface area contributed by atoms with Gasteiger partial charge in [-0.3, -0.25) is 14.4 Å². The molecule has 1 rings (SSSR count). The second-order valence-electron chi connectivity index (χ2n) is 8.39. The molecule has 8 N–H and O–H groups in total. The van der Waals surface area contributed by atoms with Crippen molar-refractivity contribution in [1.29, 1.82) is 0 Å². The van der Waals surface area contributed by atoms with Crippen LogP contribution in [0, 0.1) is 5.92 Å². The van der Waals surface area contributed by atoms with Gasteiger partial charge in [0.1, 0.15) is 18.1 Å². The van der Waals surface area contributed by atoms with E-state index in [1.807, 2.05) is 44.2 Å². The normalized spacial score (nSPS) is 13.6. The van der Waals surface area contributed by atoms with E-state index in [0.717, 1.165) is 5.56 Å². The SMILES string of the molecule is CC(C)CC(NC(=O)C(CCCCN)NC(=O)C(Cc1ccccc1)NC(=O)CN)C(=O)O.